The summed E-state index contributed by atoms with van der Waals surface area (Å²) in [6.07, 6.45) is 2.96. The van der Waals surface area contributed by atoms with Gasteiger partial charge in [-0.1, -0.05) is 0 Å². The largest absolute Gasteiger partial charge is 0.307 e. The Balaban J connectivity index is 2.31. The van der Waals surface area contributed by atoms with Crippen LogP contribution in [0.2, 0.25) is 0 Å². The molecule has 2 rings (SSSR count). The summed E-state index contributed by atoms with van der Waals surface area (Å²) in [4.78, 5) is 11.3. The molecular formula is C10H10FN3O. The Labute approximate surface area is 85.6 Å². The van der Waals surface area contributed by atoms with Crippen molar-refractivity contribution in [2.45, 2.75) is 6.54 Å². The van der Waals surface area contributed by atoms with E-state index in [0.29, 0.717) is 0 Å². The van der Waals surface area contributed by atoms with Crippen LogP contribution in [-0.2, 0) is 13.6 Å². The maximum atomic E-state index is 12.9. The van der Waals surface area contributed by atoms with E-state index in [-0.39, 0.29) is 12.1 Å². The fraction of sp³-hybridized carbons (Fsp3) is 0.200. The Morgan fingerprint density at radius 3 is 2.87 bits per heavy atom. The highest BCUT2D eigenvalue weighted by molar-refractivity contribution is 5.03. The smallest absolute Gasteiger partial charge is 0.251 e. The van der Waals surface area contributed by atoms with Crippen molar-refractivity contribution >= 4 is 0 Å². The van der Waals surface area contributed by atoms with Crippen LogP contribution < -0.4 is 5.56 Å². The van der Waals surface area contributed by atoms with Crippen molar-refractivity contribution in [1.29, 1.82) is 0 Å². The van der Waals surface area contributed by atoms with Gasteiger partial charge in [-0.15, -0.1) is 0 Å². The van der Waals surface area contributed by atoms with Crippen molar-refractivity contribution in [2.75, 3.05) is 0 Å². The third-order valence-corrected chi connectivity index (χ3v) is 2.05. The van der Waals surface area contributed by atoms with Gasteiger partial charge in [0, 0.05) is 25.5 Å². The summed E-state index contributed by atoms with van der Waals surface area (Å²) in [6, 6.07) is 4.15. The van der Waals surface area contributed by atoms with E-state index >= 15 is 0 Å². The molecule has 2 aromatic heterocycles. The molecule has 15 heavy (non-hydrogen) atoms. The number of rotatable bonds is 2. The van der Waals surface area contributed by atoms with Crippen LogP contribution in [0, 0.1) is 5.82 Å². The minimum absolute atomic E-state index is 0.234. The van der Waals surface area contributed by atoms with Crippen LogP contribution in [0.15, 0.2) is 35.4 Å². The molecule has 0 aromatic carbocycles. The minimum atomic E-state index is -0.425. The van der Waals surface area contributed by atoms with Crippen LogP contribution in [-0.4, -0.2) is 14.3 Å². The predicted molar refractivity (Wildman–Crippen MR) is 53.0 cm³/mol. The summed E-state index contributed by atoms with van der Waals surface area (Å²) in [6.45, 7) is 0.289. The second-order valence-corrected chi connectivity index (χ2v) is 3.29. The Bertz CT molecular complexity index is 529. The fourth-order valence-electron chi connectivity index (χ4n) is 1.35. The molecule has 5 heteroatoms. The van der Waals surface area contributed by atoms with Crippen LogP contribution in [0.25, 0.3) is 0 Å². The summed E-state index contributed by atoms with van der Waals surface area (Å²) < 4.78 is 15.8. The van der Waals surface area contributed by atoms with Crippen LogP contribution in [0.1, 0.15) is 5.69 Å². The highest BCUT2D eigenvalue weighted by atomic mass is 19.1. The SMILES string of the molecule is Cn1ccc(Cn2cc(F)ccc2=O)n1. The van der Waals surface area contributed by atoms with E-state index in [9.17, 15) is 9.18 Å². The predicted octanol–water partition coefficient (Wildman–Crippen LogP) is 0.769. The number of pyridine rings is 1. The fourth-order valence-corrected chi connectivity index (χ4v) is 1.35. The summed E-state index contributed by atoms with van der Waals surface area (Å²) in [7, 11) is 1.79. The van der Waals surface area contributed by atoms with Crippen LogP contribution in [0.4, 0.5) is 4.39 Å². The average Bonchev–Trinajstić information content (AvgIpc) is 2.58. The number of hydrogen-bond acceptors (Lipinski definition) is 2. The van der Waals surface area contributed by atoms with Gasteiger partial charge < -0.3 is 4.57 Å². The van der Waals surface area contributed by atoms with E-state index in [1.165, 1.54) is 16.8 Å². The van der Waals surface area contributed by atoms with Gasteiger partial charge >= 0.3 is 0 Å². The van der Waals surface area contributed by atoms with Gasteiger partial charge in [0.2, 0.25) is 0 Å². The molecule has 0 aliphatic rings. The molecule has 2 aromatic rings. The average molecular weight is 207 g/mol. The molecular weight excluding hydrogens is 197 g/mol. The molecule has 0 N–H and O–H groups in total. The summed E-state index contributed by atoms with van der Waals surface area (Å²) in [5.41, 5.74) is 0.493. The lowest BCUT2D eigenvalue weighted by Gasteiger charge is -2.02. The van der Waals surface area contributed by atoms with Gasteiger partial charge in [0.25, 0.3) is 5.56 Å². The second kappa shape index (κ2) is 3.68. The molecule has 2 heterocycles. The normalized spacial score (nSPS) is 10.5. The third kappa shape index (κ3) is 2.12. The number of halogens is 1. The molecule has 0 aliphatic heterocycles. The van der Waals surface area contributed by atoms with E-state index in [2.05, 4.69) is 5.10 Å². The second-order valence-electron chi connectivity index (χ2n) is 3.29. The summed E-state index contributed by atoms with van der Waals surface area (Å²) >= 11 is 0. The van der Waals surface area contributed by atoms with Crippen LogP contribution in [0.5, 0.6) is 0 Å². The number of nitrogens with zero attached hydrogens (tertiary/aromatic N) is 3. The first-order valence-electron chi connectivity index (χ1n) is 4.50. The molecule has 0 atom stereocenters. The molecule has 0 radical (unpaired) electrons. The Kier molecular flexibility index (Phi) is 2.37. The Morgan fingerprint density at radius 2 is 2.20 bits per heavy atom. The van der Waals surface area contributed by atoms with Crippen molar-refractivity contribution in [3.05, 3.63) is 52.5 Å². The molecule has 0 saturated heterocycles. The topological polar surface area (TPSA) is 39.8 Å². The van der Waals surface area contributed by atoms with Crippen LogP contribution >= 0.6 is 0 Å². The van der Waals surface area contributed by atoms with Gasteiger partial charge in [0.15, 0.2) is 0 Å². The zero-order valence-corrected chi connectivity index (χ0v) is 8.22. The zero-order valence-electron chi connectivity index (χ0n) is 8.22. The van der Waals surface area contributed by atoms with Gasteiger partial charge in [-0.3, -0.25) is 9.48 Å². The van der Waals surface area contributed by atoms with E-state index in [0.717, 1.165) is 11.8 Å². The molecule has 0 amide bonds. The third-order valence-electron chi connectivity index (χ3n) is 2.05. The standard InChI is InChI=1S/C10H10FN3O/c1-13-5-4-9(12-13)7-14-6-8(11)2-3-10(14)15/h2-6H,7H2,1H3. The van der Waals surface area contributed by atoms with Crippen molar-refractivity contribution in [3.63, 3.8) is 0 Å². The first kappa shape index (κ1) is 9.64. The molecule has 0 bridgehead atoms. The van der Waals surface area contributed by atoms with E-state index in [1.54, 1.807) is 24.0 Å². The first-order chi connectivity index (χ1) is 7.15. The van der Waals surface area contributed by atoms with Crippen molar-refractivity contribution in [2.24, 2.45) is 7.05 Å². The number of aryl methyl sites for hydroxylation is 1. The van der Waals surface area contributed by atoms with Crippen molar-refractivity contribution in [3.8, 4) is 0 Å². The van der Waals surface area contributed by atoms with Crippen molar-refractivity contribution < 1.29 is 4.39 Å². The lowest BCUT2D eigenvalue weighted by Crippen LogP contribution is -2.19. The lowest BCUT2D eigenvalue weighted by atomic mass is 10.4. The maximum Gasteiger partial charge on any atom is 0.251 e. The first-order valence-corrected chi connectivity index (χ1v) is 4.50. The molecule has 0 aliphatic carbocycles. The highest BCUT2D eigenvalue weighted by Crippen LogP contribution is 1.98. The highest BCUT2D eigenvalue weighted by Gasteiger charge is 2.01. The van der Waals surface area contributed by atoms with E-state index in [1.807, 2.05) is 0 Å². The summed E-state index contributed by atoms with van der Waals surface area (Å²) in [5.74, 6) is -0.425. The number of hydrogen-bond donors (Lipinski definition) is 0. The van der Waals surface area contributed by atoms with Crippen molar-refractivity contribution in [1.82, 2.24) is 14.3 Å². The molecule has 0 fully saturated rings. The van der Waals surface area contributed by atoms with Gasteiger partial charge in [0.05, 0.1) is 12.2 Å². The van der Waals surface area contributed by atoms with Crippen LogP contribution in [0.3, 0.4) is 0 Å². The zero-order chi connectivity index (χ0) is 10.8. The Morgan fingerprint density at radius 1 is 1.40 bits per heavy atom. The molecule has 0 unspecified atom stereocenters. The molecule has 78 valence electrons. The molecule has 0 spiro atoms. The van der Waals surface area contributed by atoms with Gasteiger partial charge in [-0.2, -0.15) is 5.10 Å². The maximum absolute atomic E-state index is 12.9. The van der Waals surface area contributed by atoms with E-state index in [4.69, 9.17) is 0 Å². The monoisotopic (exact) mass is 207 g/mol. The van der Waals surface area contributed by atoms with Gasteiger partial charge in [-0.05, 0) is 12.1 Å². The molecule has 4 nitrogen and oxygen atoms in total. The van der Waals surface area contributed by atoms with Gasteiger partial charge in [0.1, 0.15) is 5.82 Å². The van der Waals surface area contributed by atoms with E-state index < -0.39 is 5.82 Å². The molecule has 0 saturated carbocycles. The number of aromatic nitrogens is 3. The summed E-state index contributed by atoms with van der Waals surface area (Å²) in [5, 5.41) is 4.11. The lowest BCUT2D eigenvalue weighted by molar-refractivity contribution is 0.591. The quantitative estimate of drug-likeness (QED) is 0.729. The Hall–Kier alpha value is -1.91. The van der Waals surface area contributed by atoms with Gasteiger partial charge in [-0.25, -0.2) is 4.39 Å². The minimum Gasteiger partial charge on any atom is -0.307 e.